The van der Waals surface area contributed by atoms with Crippen LogP contribution < -0.4 is 5.63 Å². The standard InChI is InChI=1S/C16H20O2/c1-11(2)12(3)7-6-8-13(4)15-10-9-14(5)16(17)18-15/h6-10H,1-5H3/b7-6+,13-8+. The van der Waals surface area contributed by atoms with Gasteiger partial charge in [0.1, 0.15) is 5.76 Å². The highest BCUT2D eigenvalue weighted by atomic mass is 16.4. The van der Waals surface area contributed by atoms with Crippen molar-refractivity contribution in [3.63, 3.8) is 0 Å². The summed E-state index contributed by atoms with van der Waals surface area (Å²) >= 11 is 0. The van der Waals surface area contributed by atoms with E-state index in [4.69, 9.17) is 4.42 Å². The van der Waals surface area contributed by atoms with Crippen molar-refractivity contribution in [1.82, 2.24) is 0 Å². The Balaban J connectivity index is 2.94. The molecule has 0 saturated carbocycles. The van der Waals surface area contributed by atoms with E-state index in [-0.39, 0.29) is 5.63 Å². The van der Waals surface area contributed by atoms with Crippen molar-refractivity contribution in [2.24, 2.45) is 0 Å². The molecule has 0 bridgehead atoms. The first-order valence-corrected chi connectivity index (χ1v) is 6.02. The van der Waals surface area contributed by atoms with Crippen LogP contribution in [-0.2, 0) is 0 Å². The lowest BCUT2D eigenvalue weighted by Crippen LogP contribution is -2.03. The van der Waals surface area contributed by atoms with Gasteiger partial charge in [0.2, 0.25) is 0 Å². The number of hydrogen-bond acceptors (Lipinski definition) is 2. The van der Waals surface area contributed by atoms with E-state index < -0.39 is 0 Å². The molecule has 0 fully saturated rings. The largest absolute Gasteiger partial charge is 0.423 e. The zero-order chi connectivity index (χ0) is 13.7. The number of aryl methyl sites for hydroxylation is 1. The molecule has 0 aliphatic rings. The fraction of sp³-hybridized carbons (Fsp3) is 0.312. The molecule has 0 radical (unpaired) electrons. The van der Waals surface area contributed by atoms with Crippen LogP contribution >= 0.6 is 0 Å². The minimum Gasteiger partial charge on any atom is -0.423 e. The Morgan fingerprint density at radius 3 is 2.39 bits per heavy atom. The molecular weight excluding hydrogens is 224 g/mol. The zero-order valence-corrected chi connectivity index (χ0v) is 11.7. The van der Waals surface area contributed by atoms with Crippen LogP contribution in [0.15, 0.2) is 50.7 Å². The van der Waals surface area contributed by atoms with Crippen LogP contribution in [-0.4, -0.2) is 0 Å². The van der Waals surface area contributed by atoms with Crippen molar-refractivity contribution in [3.8, 4) is 0 Å². The molecule has 0 aromatic carbocycles. The lowest BCUT2D eigenvalue weighted by molar-refractivity contribution is 0.492. The van der Waals surface area contributed by atoms with Crippen LogP contribution in [0.1, 0.15) is 39.0 Å². The smallest absolute Gasteiger partial charge is 0.339 e. The Labute approximate surface area is 108 Å². The summed E-state index contributed by atoms with van der Waals surface area (Å²) in [6, 6.07) is 3.60. The first-order valence-electron chi connectivity index (χ1n) is 6.02. The van der Waals surface area contributed by atoms with Crippen LogP contribution in [0, 0.1) is 6.92 Å². The Morgan fingerprint density at radius 2 is 1.83 bits per heavy atom. The molecule has 1 heterocycles. The van der Waals surface area contributed by atoms with Crippen molar-refractivity contribution >= 4 is 5.57 Å². The lowest BCUT2D eigenvalue weighted by Gasteiger charge is -1.99. The average molecular weight is 244 g/mol. The topological polar surface area (TPSA) is 30.2 Å². The Morgan fingerprint density at radius 1 is 1.17 bits per heavy atom. The van der Waals surface area contributed by atoms with E-state index in [1.54, 1.807) is 13.0 Å². The van der Waals surface area contributed by atoms with E-state index in [2.05, 4.69) is 20.8 Å². The maximum absolute atomic E-state index is 11.4. The summed E-state index contributed by atoms with van der Waals surface area (Å²) in [6.45, 7) is 9.90. The van der Waals surface area contributed by atoms with Gasteiger partial charge in [0.25, 0.3) is 0 Å². The van der Waals surface area contributed by atoms with E-state index >= 15 is 0 Å². The van der Waals surface area contributed by atoms with Crippen LogP contribution in [0.5, 0.6) is 0 Å². The third-order valence-corrected chi connectivity index (χ3v) is 2.88. The first-order chi connectivity index (χ1) is 8.41. The summed E-state index contributed by atoms with van der Waals surface area (Å²) in [5.41, 5.74) is 3.82. The highest BCUT2D eigenvalue weighted by molar-refractivity contribution is 5.60. The van der Waals surface area contributed by atoms with Crippen molar-refractivity contribution in [2.45, 2.75) is 34.6 Å². The summed E-state index contributed by atoms with van der Waals surface area (Å²) in [6.07, 6.45) is 5.96. The van der Waals surface area contributed by atoms with Crippen molar-refractivity contribution < 1.29 is 4.42 Å². The molecular formula is C16H20O2. The molecule has 0 atom stereocenters. The monoisotopic (exact) mass is 244 g/mol. The van der Waals surface area contributed by atoms with E-state index in [0.717, 1.165) is 5.57 Å². The van der Waals surface area contributed by atoms with Gasteiger partial charge in [-0.1, -0.05) is 29.4 Å². The summed E-state index contributed by atoms with van der Waals surface area (Å²) in [5, 5.41) is 0. The predicted molar refractivity (Wildman–Crippen MR) is 76.6 cm³/mol. The van der Waals surface area contributed by atoms with Gasteiger partial charge in [-0.2, -0.15) is 0 Å². The first kappa shape index (κ1) is 14.2. The molecule has 1 aromatic heterocycles. The molecule has 0 spiro atoms. The number of allylic oxidation sites excluding steroid dienone is 6. The van der Waals surface area contributed by atoms with Gasteiger partial charge in [0.05, 0.1) is 0 Å². The molecule has 0 amide bonds. The minimum atomic E-state index is -0.273. The summed E-state index contributed by atoms with van der Waals surface area (Å²) in [7, 11) is 0. The van der Waals surface area contributed by atoms with E-state index in [9.17, 15) is 4.79 Å². The van der Waals surface area contributed by atoms with Gasteiger partial charge >= 0.3 is 5.63 Å². The molecule has 96 valence electrons. The van der Waals surface area contributed by atoms with Crippen LogP contribution in [0.25, 0.3) is 5.57 Å². The second-order valence-electron chi connectivity index (χ2n) is 4.66. The molecule has 2 heteroatoms. The van der Waals surface area contributed by atoms with Crippen LogP contribution in [0.2, 0.25) is 0 Å². The maximum Gasteiger partial charge on any atom is 0.339 e. The Kier molecular flexibility index (Phi) is 4.90. The number of rotatable bonds is 3. The molecule has 1 aromatic rings. The lowest BCUT2D eigenvalue weighted by atomic mass is 10.1. The van der Waals surface area contributed by atoms with Gasteiger partial charge in [0.15, 0.2) is 0 Å². The second kappa shape index (κ2) is 6.20. The van der Waals surface area contributed by atoms with Crippen molar-refractivity contribution in [2.75, 3.05) is 0 Å². The molecule has 0 saturated heterocycles. The van der Waals surface area contributed by atoms with E-state index in [1.807, 2.05) is 31.2 Å². The van der Waals surface area contributed by atoms with Gasteiger partial charge in [-0.25, -0.2) is 4.79 Å². The number of hydrogen-bond donors (Lipinski definition) is 0. The summed E-state index contributed by atoms with van der Waals surface area (Å²) < 4.78 is 5.21. The quantitative estimate of drug-likeness (QED) is 0.743. The molecule has 0 aliphatic carbocycles. The normalized spacial score (nSPS) is 11.9. The molecule has 1 rings (SSSR count). The fourth-order valence-electron chi connectivity index (χ4n) is 1.28. The highest BCUT2D eigenvalue weighted by Gasteiger charge is 2.00. The van der Waals surface area contributed by atoms with Gasteiger partial charge in [-0.15, -0.1) is 0 Å². The van der Waals surface area contributed by atoms with Gasteiger partial charge in [-0.3, -0.25) is 0 Å². The average Bonchev–Trinajstić information content (AvgIpc) is 2.32. The van der Waals surface area contributed by atoms with E-state index in [0.29, 0.717) is 11.3 Å². The molecule has 0 unspecified atom stereocenters. The third-order valence-electron chi connectivity index (χ3n) is 2.88. The highest BCUT2D eigenvalue weighted by Crippen LogP contribution is 2.12. The maximum atomic E-state index is 11.4. The van der Waals surface area contributed by atoms with Gasteiger partial charge < -0.3 is 4.42 Å². The second-order valence-corrected chi connectivity index (χ2v) is 4.66. The van der Waals surface area contributed by atoms with Crippen LogP contribution in [0.3, 0.4) is 0 Å². The molecule has 18 heavy (non-hydrogen) atoms. The molecule has 2 nitrogen and oxygen atoms in total. The van der Waals surface area contributed by atoms with Gasteiger partial charge in [0, 0.05) is 5.56 Å². The van der Waals surface area contributed by atoms with Crippen LogP contribution in [0.4, 0.5) is 0 Å². The van der Waals surface area contributed by atoms with E-state index in [1.165, 1.54) is 11.1 Å². The Bertz CT molecular complexity index is 565. The SMILES string of the molecule is CC(C)=C(C)/C=C/C=C(\C)c1ccc(C)c(=O)o1. The van der Waals surface area contributed by atoms with Gasteiger partial charge in [-0.05, 0) is 52.3 Å². The zero-order valence-electron chi connectivity index (χ0n) is 11.7. The third kappa shape index (κ3) is 3.88. The fourth-order valence-corrected chi connectivity index (χ4v) is 1.28. The molecule has 0 aliphatic heterocycles. The summed E-state index contributed by atoms with van der Waals surface area (Å²) in [5.74, 6) is 0.616. The summed E-state index contributed by atoms with van der Waals surface area (Å²) in [4.78, 5) is 11.4. The Hall–Kier alpha value is -1.83. The van der Waals surface area contributed by atoms with Crippen molar-refractivity contribution in [3.05, 3.63) is 63.3 Å². The molecule has 0 N–H and O–H groups in total. The van der Waals surface area contributed by atoms with Crippen molar-refractivity contribution in [1.29, 1.82) is 0 Å². The minimum absolute atomic E-state index is 0.273. The predicted octanol–water partition coefficient (Wildman–Crippen LogP) is 4.26.